The smallest absolute Gasteiger partial charge is 0.361 e. The molecular weight excluding hydrogens is 412 g/mol. The third kappa shape index (κ3) is 3.53. The minimum atomic E-state index is -0.693. The fourth-order valence-electron chi connectivity index (χ4n) is 1.85. The van der Waals surface area contributed by atoms with Gasteiger partial charge in [-0.25, -0.2) is 0 Å². The predicted molar refractivity (Wildman–Crippen MR) is 88.7 cm³/mol. The van der Waals surface area contributed by atoms with Crippen LogP contribution in [0.4, 0.5) is 0 Å². The van der Waals surface area contributed by atoms with Crippen LogP contribution >= 0.6 is 31.9 Å². The molecule has 0 N–H and O–H groups in total. The summed E-state index contributed by atoms with van der Waals surface area (Å²) in [6, 6.07) is 13.4. The molecule has 0 aliphatic carbocycles. The van der Waals surface area contributed by atoms with Crippen LogP contribution in [0.3, 0.4) is 0 Å². The van der Waals surface area contributed by atoms with Gasteiger partial charge in [0.1, 0.15) is 0 Å². The summed E-state index contributed by atoms with van der Waals surface area (Å²) >= 11 is 6.57. The van der Waals surface area contributed by atoms with Crippen molar-refractivity contribution < 1.29 is 14.4 Å². The maximum absolute atomic E-state index is 12.5. The van der Waals surface area contributed by atoms with Gasteiger partial charge in [0.25, 0.3) is 0 Å². The zero-order chi connectivity index (χ0) is 16.1. The van der Waals surface area contributed by atoms with Crippen molar-refractivity contribution in [3.63, 3.8) is 0 Å². The van der Waals surface area contributed by atoms with Crippen LogP contribution in [0.1, 0.15) is 11.1 Å². The molecule has 108 valence electrons. The molecule has 0 saturated heterocycles. The Balaban J connectivity index is 2.48. The van der Waals surface area contributed by atoms with Gasteiger partial charge in [-0.05, 0) is 36.4 Å². The number of Topliss-reactive ketones (excluding diaryl/α,β-unsaturated/α-hetero) is 1. The van der Waals surface area contributed by atoms with Crippen LogP contribution in [0.15, 0.2) is 57.5 Å². The highest BCUT2D eigenvalue weighted by Crippen LogP contribution is 2.15. The maximum Gasteiger partial charge on any atom is 0.377 e. The van der Waals surface area contributed by atoms with Crippen LogP contribution in [0, 0.1) is 0 Å². The summed E-state index contributed by atoms with van der Waals surface area (Å²) in [5.41, 5.74) is 18.8. The molecule has 0 saturated carbocycles. The average Bonchev–Trinajstić information content (AvgIpc) is 2.49. The Morgan fingerprint density at radius 3 is 1.55 bits per heavy atom. The molecule has 2 aromatic carbocycles. The van der Waals surface area contributed by atoms with E-state index >= 15 is 0 Å². The van der Waals surface area contributed by atoms with E-state index in [1.165, 1.54) is 0 Å². The number of hydrogen-bond donors (Lipinski definition) is 0. The van der Waals surface area contributed by atoms with E-state index in [-0.39, 0.29) is 11.4 Å². The minimum Gasteiger partial charge on any atom is -0.361 e. The third-order valence-electron chi connectivity index (χ3n) is 2.83. The highest BCUT2D eigenvalue weighted by molar-refractivity contribution is 9.10. The van der Waals surface area contributed by atoms with Gasteiger partial charge in [-0.15, -0.1) is 0 Å². The third-order valence-corrected chi connectivity index (χ3v) is 3.81. The number of rotatable bonds is 4. The molecule has 2 rings (SSSR count). The summed E-state index contributed by atoms with van der Waals surface area (Å²) < 4.78 is 1.45. The Bertz CT molecular complexity index is 781. The summed E-state index contributed by atoms with van der Waals surface area (Å²) in [5, 5.41) is 0. The Kier molecular flexibility index (Phi) is 5.31. The molecule has 0 radical (unpaired) electrons. The second-order valence-corrected chi connectivity index (χ2v) is 6.08. The number of halogens is 2. The van der Waals surface area contributed by atoms with E-state index in [9.17, 15) is 15.9 Å². The molecule has 0 heterocycles. The van der Waals surface area contributed by atoms with Crippen molar-refractivity contribution >= 4 is 49.1 Å². The number of benzene rings is 2. The SMILES string of the molecule is [N-]=[N+]=C(C(=O)C(=[N+]=[N-])c1cccc(Br)c1)c1cccc(Br)c1. The highest BCUT2D eigenvalue weighted by Gasteiger charge is 2.35. The van der Waals surface area contributed by atoms with Crippen molar-refractivity contribution in [2.75, 3.05) is 0 Å². The molecule has 0 aromatic heterocycles. The Labute approximate surface area is 143 Å². The summed E-state index contributed by atoms with van der Waals surface area (Å²) in [4.78, 5) is 18.6. The highest BCUT2D eigenvalue weighted by atomic mass is 79.9. The normalized spacial score (nSPS) is 9.55. The van der Waals surface area contributed by atoms with E-state index in [0.29, 0.717) is 11.1 Å². The van der Waals surface area contributed by atoms with Crippen LogP contribution in [0.5, 0.6) is 0 Å². The molecule has 0 unspecified atom stereocenters. The molecule has 5 nitrogen and oxygen atoms in total. The lowest BCUT2D eigenvalue weighted by molar-refractivity contribution is -0.115. The summed E-state index contributed by atoms with van der Waals surface area (Å²) in [5.74, 6) is -0.693. The summed E-state index contributed by atoms with van der Waals surface area (Å²) in [6.45, 7) is 0. The molecule has 0 fully saturated rings. The first-order valence-electron chi connectivity index (χ1n) is 6.07. The first kappa shape index (κ1) is 16.2. The Morgan fingerprint density at radius 1 is 0.818 bits per heavy atom. The van der Waals surface area contributed by atoms with E-state index in [4.69, 9.17) is 0 Å². The molecule has 0 aliphatic rings. The van der Waals surface area contributed by atoms with Gasteiger partial charge in [-0.2, -0.15) is 9.58 Å². The second-order valence-electron chi connectivity index (χ2n) is 4.25. The lowest BCUT2D eigenvalue weighted by atomic mass is 9.99. The topological polar surface area (TPSA) is 89.9 Å². The fraction of sp³-hybridized carbons (Fsp3) is 0. The zero-order valence-corrected chi connectivity index (χ0v) is 14.2. The van der Waals surface area contributed by atoms with Crippen molar-refractivity contribution in [1.29, 1.82) is 0 Å². The fourth-order valence-corrected chi connectivity index (χ4v) is 2.65. The van der Waals surface area contributed by atoms with Crippen LogP contribution in [-0.2, 0) is 4.79 Å². The van der Waals surface area contributed by atoms with Gasteiger partial charge < -0.3 is 11.1 Å². The second kappa shape index (κ2) is 7.20. The Hall–Kier alpha value is -2.17. The van der Waals surface area contributed by atoms with Crippen molar-refractivity contribution in [3.8, 4) is 0 Å². The quantitative estimate of drug-likeness (QED) is 0.423. The molecule has 22 heavy (non-hydrogen) atoms. The lowest BCUT2D eigenvalue weighted by Gasteiger charge is -1.97. The van der Waals surface area contributed by atoms with Crippen molar-refractivity contribution in [3.05, 3.63) is 79.7 Å². The van der Waals surface area contributed by atoms with Crippen LogP contribution in [-0.4, -0.2) is 26.8 Å². The number of hydrogen-bond acceptors (Lipinski definition) is 1. The number of carbonyl (C=O) groups excluding carboxylic acids is 1. The lowest BCUT2D eigenvalue weighted by Crippen LogP contribution is -2.27. The summed E-state index contributed by atoms with van der Waals surface area (Å²) in [6.07, 6.45) is 0. The number of ketones is 1. The van der Waals surface area contributed by atoms with Crippen molar-refractivity contribution in [2.45, 2.75) is 0 Å². The van der Waals surface area contributed by atoms with Gasteiger partial charge in [0.15, 0.2) is 0 Å². The van der Waals surface area contributed by atoms with Crippen molar-refractivity contribution in [2.24, 2.45) is 0 Å². The standard InChI is InChI=1S/C15H8Br2N4O/c16-11-5-1-3-9(7-11)13(20-18)15(22)14(21-19)10-4-2-6-12(17)8-10/h1-8H. The van der Waals surface area contributed by atoms with Crippen LogP contribution in [0.25, 0.3) is 11.1 Å². The molecule has 7 heteroatoms. The first-order chi connectivity index (χ1) is 10.6. The van der Waals surface area contributed by atoms with Gasteiger partial charge >= 0.3 is 17.2 Å². The van der Waals surface area contributed by atoms with Crippen molar-refractivity contribution in [1.82, 2.24) is 0 Å². The molecule has 0 spiro atoms. The maximum atomic E-state index is 12.5. The average molecular weight is 420 g/mol. The number of nitrogens with zero attached hydrogens (tertiary/aromatic N) is 4. The van der Waals surface area contributed by atoms with E-state index < -0.39 is 5.78 Å². The largest absolute Gasteiger partial charge is 0.377 e. The molecule has 0 atom stereocenters. The monoisotopic (exact) mass is 418 g/mol. The van der Waals surface area contributed by atoms with Gasteiger partial charge in [0.2, 0.25) is 0 Å². The van der Waals surface area contributed by atoms with Gasteiger partial charge in [0.05, 0.1) is 11.1 Å². The molecule has 0 aliphatic heterocycles. The number of carbonyl (C=O) groups is 1. The Morgan fingerprint density at radius 2 is 1.23 bits per heavy atom. The van der Waals surface area contributed by atoms with E-state index in [1.807, 2.05) is 0 Å². The van der Waals surface area contributed by atoms with Gasteiger partial charge in [-0.3, -0.25) is 4.79 Å². The minimum absolute atomic E-state index is 0.214. The summed E-state index contributed by atoms with van der Waals surface area (Å²) in [7, 11) is 0. The van der Waals surface area contributed by atoms with Gasteiger partial charge in [0, 0.05) is 8.95 Å². The predicted octanol–water partition coefficient (Wildman–Crippen LogP) is 3.52. The van der Waals surface area contributed by atoms with E-state index in [1.54, 1.807) is 48.5 Å². The molecule has 0 bridgehead atoms. The van der Waals surface area contributed by atoms with Crippen LogP contribution < -0.4 is 0 Å². The van der Waals surface area contributed by atoms with E-state index in [2.05, 4.69) is 41.4 Å². The molecular formula is C15H8Br2N4O. The van der Waals surface area contributed by atoms with Crippen LogP contribution in [0.2, 0.25) is 0 Å². The first-order valence-corrected chi connectivity index (χ1v) is 7.66. The zero-order valence-electron chi connectivity index (χ0n) is 11.1. The molecule has 0 amide bonds. The van der Waals surface area contributed by atoms with Gasteiger partial charge in [-0.1, -0.05) is 44.0 Å². The molecule has 2 aromatic rings. The van der Waals surface area contributed by atoms with E-state index in [0.717, 1.165) is 8.95 Å².